The molecule has 1 saturated carbocycles. The SMILES string of the molecule is COc1ccc(CNS(=O)(=O)c2ccc3c(c2)C(C)(C)CN3C(=O)C2CC2)cc1. The molecule has 1 aliphatic heterocycles. The van der Waals surface area contributed by atoms with Crippen molar-refractivity contribution in [2.45, 2.75) is 43.5 Å². The summed E-state index contributed by atoms with van der Waals surface area (Å²) in [6.07, 6.45) is 1.90. The van der Waals surface area contributed by atoms with Gasteiger partial charge >= 0.3 is 0 Å². The minimum Gasteiger partial charge on any atom is -0.497 e. The van der Waals surface area contributed by atoms with Crippen molar-refractivity contribution in [3.63, 3.8) is 0 Å². The molecule has 6 nitrogen and oxygen atoms in total. The molecule has 4 rings (SSSR count). The van der Waals surface area contributed by atoms with Crippen LogP contribution in [0.2, 0.25) is 0 Å². The molecule has 0 radical (unpaired) electrons. The van der Waals surface area contributed by atoms with Crippen molar-refractivity contribution in [2.75, 3.05) is 18.6 Å². The maximum absolute atomic E-state index is 12.9. The van der Waals surface area contributed by atoms with Crippen LogP contribution in [0.25, 0.3) is 0 Å². The highest BCUT2D eigenvalue weighted by atomic mass is 32.2. The number of hydrogen-bond donors (Lipinski definition) is 1. The predicted octanol–water partition coefficient (Wildman–Crippen LogP) is 3.21. The van der Waals surface area contributed by atoms with E-state index in [0.717, 1.165) is 35.4 Å². The molecule has 0 unspecified atom stereocenters. The summed E-state index contributed by atoms with van der Waals surface area (Å²) in [7, 11) is -2.08. The zero-order valence-electron chi connectivity index (χ0n) is 16.9. The van der Waals surface area contributed by atoms with E-state index >= 15 is 0 Å². The van der Waals surface area contributed by atoms with Crippen molar-refractivity contribution in [3.05, 3.63) is 53.6 Å². The van der Waals surface area contributed by atoms with Crippen molar-refractivity contribution in [3.8, 4) is 5.75 Å². The lowest BCUT2D eigenvalue weighted by atomic mass is 9.87. The maximum Gasteiger partial charge on any atom is 0.240 e. The van der Waals surface area contributed by atoms with E-state index in [-0.39, 0.29) is 28.7 Å². The number of nitrogens with zero attached hydrogens (tertiary/aromatic N) is 1. The van der Waals surface area contributed by atoms with Crippen LogP contribution in [-0.2, 0) is 26.8 Å². The first kappa shape index (κ1) is 19.9. The Morgan fingerprint density at radius 1 is 1.17 bits per heavy atom. The summed E-state index contributed by atoms with van der Waals surface area (Å²) in [5.41, 5.74) is 2.29. The summed E-state index contributed by atoms with van der Waals surface area (Å²) in [5, 5.41) is 0. The van der Waals surface area contributed by atoms with Gasteiger partial charge in [0, 0.05) is 30.1 Å². The van der Waals surface area contributed by atoms with Gasteiger partial charge in [-0.15, -0.1) is 0 Å². The van der Waals surface area contributed by atoms with E-state index in [1.165, 1.54) is 0 Å². The van der Waals surface area contributed by atoms with E-state index in [1.54, 1.807) is 37.4 Å². The third-order valence-electron chi connectivity index (χ3n) is 5.67. The van der Waals surface area contributed by atoms with Gasteiger partial charge in [0.05, 0.1) is 12.0 Å². The van der Waals surface area contributed by atoms with Gasteiger partial charge in [0.15, 0.2) is 0 Å². The first-order valence-electron chi connectivity index (χ1n) is 9.80. The van der Waals surface area contributed by atoms with Gasteiger partial charge in [0.25, 0.3) is 0 Å². The van der Waals surface area contributed by atoms with Gasteiger partial charge in [0.2, 0.25) is 15.9 Å². The molecular weight excluding hydrogens is 388 g/mol. The zero-order valence-corrected chi connectivity index (χ0v) is 17.8. The van der Waals surface area contributed by atoms with E-state index in [1.807, 2.05) is 30.9 Å². The third-order valence-corrected chi connectivity index (χ3v) is 7.07. The number of ether oxygens (including phenoxy) is 1. The van der Waals surface area contributed by atoms with Crippen molar-refractivity contribution in [2.24, 2.45) is 5.92 Å². The molecule has 0 spiro atoms. The number of carbonyl (C=O) groups excluding carboxylic acids is 1. The van der Waals surface area contributed by atoms with Crippen LogP contribution >= 0.6 is 0 Å². The highest BCUT2D eigenvalue weighted by Crippen LogP contribution is 2.44. The fourth-order valence-corrected chi connectivity index (χ4v) is 4.82. The third kappa shape index (κ3) is 3.89. The Balaban J connectivity index is 1.56. The summed E-state index contributed by atoms with van der Waals surface area (Å²) >= 11 is 0. The molecule has 2 aromatic carbocycles. The smallest absolute Gasteiger partial charge is 0.240 e. The minimum atomic E-state index is -3.67. The number of nitrogens with one attached hydrogen (secondary N) is 1. The minimum absolute atomic E-state index is 0.131. The van der Waals surface area contributed by atoms with Gasteiger partial charge in [-0.05, 0) is 54.3 Å². The fourth-order valence-electron chi connectivity index (χ4n) is 3.78. The number of anilines is 1. The van der Waals surface area contributed by atoms with Crippen LogP contribution in [0.3, 0.4) is 0 Å². The molecule has 2 aliphatic rings. The van der Waals surface area contributed by atoms with Crippen LogP contribution in [0.5, 0.6) is 5.75 Å². The monoisotopic (exact) mass is 414 g/mol. The summed E-state index contributed by atoms with van der Waals surface area (Å²) in [5.74, 6) is 1.01. The predicted molar refractivity (Wildman–Crippen MR) is 112 cm³/mol. The number of carbonyl (C=O) groups is 1. The Morgan fingerprint density at radius 3 is 2.48 bits per heavy atom. The average Bonchev–Trinajstić information content (AvgIpc) is 3.52. The Bertz CT molecular complexity index is 1040. The quantitative estimate of drug-likeness (QED) is 0.788. The molecule has 1 heterocycles. The summed E-state index contributed by atoms with van der Waals surface area (Å²) in [6, 6.07) is 12.3. The van der Waals surface area contributed by atoms with Crippen LogP contribution in [0.4, 0.5) is 5.69 Å². The van der Waals surface area contributed by atoms with E-state index in [9.17, 15) is 13.2 Å². The van der Waals surface area contributed by atoms with Gasteiger partial charge in [-0.2, -0.15) is 0 Å². The second-order valence-electron chi connectivity index (χ2n) is 8.43. The normalized spacial score (nSPS) is 17.8. The van der Waals surface area contributed by atoms with Gasteiger partial charge in [-0.3, -0.25) is 4.79 Å². The molecule has 1 aliphatic carbocycles. The van der Waals surface area contributed by atoms with E-state index in [0.29, 0.717) is 6.54 Å². The number of rotatable bonds is 6. The van der Waals surface area contributed by atoms with Crippen molar-refractivity contribution in [1.29, 1.82) is 0 Å². The summed E-state index contributed by atoms with van der Waals surface area (Å²) in [4.78, 5) is 14.7. The molecule has 29 heavy (non-hydrogen) atoms. The van der Waals surface area contributed by atoms with Crippen LogP contribution < -0.4 is 14.4 Å². The lowest BCUT2D eigenvalue weighted by molar-refractivity contribution is -0.119. The number of sulfonamides is 1. The van der Waals surface area contributed by atoms with E-state index < -0.39 is 10.0 Å². The van der Waals surface area contributed by atoms with Crippen molar-refractivity contribution >= 4 is 21.6 Å². The number of fused-ring (bicyclic) bond motifs is 1. The van der Waals surface area contributed by atoms with Crippen LogP contribution in [-0.4, -0.2) is 28.0 Å². The Kier molecular flexibility index (Phi) is 4.91. The fraction of sp³-hybridized carbons (Fsp3) is 0.409. The van der Waals surface area contributed by atoms with Gasteiger partial charge in [-0.1, -0.05) is 26.0 Å². The molecule has 1 amide bonds. The van der Waals surface area contributed by atoms with Crippen molar-refractivity contribution in [1.82, 2.24) is 4.72 Å². The first-order chi connectivity index (χ1) is 13.7. The van der Waals surface area contributed by atoms with E-state index in [2.05, 4.69) is 4.72 Å². The maximum atomic E-state index is 12.9. The average molecular weight is 415 g/mol. The largest absolute Gasteiger partial charge is 0.497 e. The highest BCUT2D eigenvalue weighted by molar-refractivity contribution is 7.89. The molecule has 0 atom stereocenters. The Morgan fingerprint density at radius 2 is 1.86 bits per heavy atom. The summed E-state index contributed by atoms with van der Waals surface area (Å²) in [6.45, 7) is 4.87. The van der Waals surface area contributed by atoms with Crippen molar-refractivity contribution < 1.29 is 17.9 Å². The molecule has 0 aromatic heterocycles. The lowest BCUT2D eigenvalue weighted by Crippen LogP contribution is -2.34. The molecule has 0 saturated heterocycles. The van der Waals surface area contributed by atoms with Gasteiger partial charge in [-0.25, -0.2) is 13.1 Å². The van der Waals surface area contributed by atoms with Crippen LogP contribution in [0.15, 0.2) is 47.4 Å². The highest BCUT2D eigenvalue weighted by Gasteiger charge is 2.43. The van der Waals surface area contributed by atoms with Gasteiger partial charge in [0.1, 0.15) is 5.75 Å². The molecule has 7 heteroatoms. The molecular formula is C22H26N2O4S. The number of amides is 1. The molecule has 1 fully saturated rings. The number of hydrogen-bond acceptors (Lipinski definition) is 4. The molecule has 0 bridgehead atoms. The topological polar surface area (TPSA) is 75.7 Å². The summed E-state index contributed by atoms with van der Waals surface area (Å²) < 4.78 is 33.5. The Hall–Kier alpha value is -2.38. The van der Waals surface area contributed by atoms with E-state index in [4.69, 9.17) is 4.74 Å². The van der Waals surface area contributed by atoms with Crippen LogP contribution in [0.1, 0.15) is 37.8 Å². The second kappa shape index (κ2) is 7.15. The Labute approximate surface area is 171 Å². The molecule has 2 aromatic rings. The van der Waals surface area contributed by atoms with Crippen LogP contribution in [0, 0.1) is 5.92 Å². The second-order valence-corrected chi connectivity index (χ2v) is 10.2. The number of benzene rings is 2. The standard InChI is InChI=1S/C22H26N2O4S/c1-22(2)14-24(21(25)16-6-7-16)20-11-10-18(12-19(20)22)29(26,27)23-13-15-4-8-17(28-3)9-5-15/h4-5,8-12,16,23H,6-7,13-14H2,1-3H3. The first-order valence-corrected chi connectivity index (χ1v) is 11.3. The molecule has 1 N–H and O–H groups in total. The zero-order chi connectivity index (χ0) is 20.8. The molecule has 154 valence electrons. The lowest BCUT2D eigenvalue weighted by Gasteiger charge is -2.20. The van der Waals surface area contributed by atoms with Gasteiger partial charge < -0.3 is 9.64 Å². The number of methoxy groups -OCH3 is 1.